The molecule has 0 saturated carbocycles. The van der Waals surface area contributed by atoms with Crippen LogP contribution in [0.25, 0.3) is 28.3 Å². The van der Waals surface area contributed by atoms with Crippen molar-refractivity contribution in [3.05, 3.63) is 83.4 Å². The number of benzene rings is 1. The van der Waals surface area contributed by atoms with Crippen LogP contribution in [0, 0.1) is 6.92 Å². The van der Waals surface area contributed by atoms with Crippen LogP contribution in [0.4, 0.5) is 10.2 Å². The summed E-state index contributed by atoms with van der Waals surface area (Å²) in [5.41, 5.74) is 8.85. The molecule has 1 saturated heterocycles. The van der Waals surface area contributed by atoms with Gasteiger partial charge < -0.3 is 15.1 Å². The first-order valence-corrected chi connectivity index (χ1v) is 12.6. The van der Waals surface area contributed by atoms with E-state index in [1.165, 1.54) is 11.8 Å². The number of nitrogen functional groups attached to an aromatic ring is 1. The van der Waals surface area contributed by atoms with Crippen LogP contribution >= 0.6 is 0 Å². The van der Waals surface area contributed by atoms with Gasteiger partial charge in [-0.15, -0.1) is 0 Å². The molecule has 1 aromatic carbocycles. The Kier molecular flexibility index (Phi) is 6.80. The maximum Gasteiger partial charge on any atom is 0.255 e. The monoisotopic (exact) mass is 512 g/mol. The van der Waals surface area contributed by atoms with Crippen molar-refractivity contribution >= 4 is 34.6 Å². The number of aryl methyl sites for hydroxylation is 2. The first-order chi connectivity index (χ1) is 18.2. The predicted octanol–water partition coefficient (Wildman–Crippen LogP) is 5.57. The van der Waals surface area contributed by atoms with Gasteiger partial charge in [-0.2, -0.15) is 0 Å². The van der Waals surface area contributed by atoms with E-state index in [1.807, 2.05) is 25.1 Å². The molecule has 2 N–H and O–H groups in total. The molecule has 4 heterocycles. The van der Waals surface area contributed by atoms with Crippen LogP contribution in [-0.4, -0.2) is 45.3 Å². The van der Waals surface area contributed by atoms with Gasteiger partial charge in [0.1, 0.15) is 22.8 Å². The number of anilines is 1. The summed E-state index contributed by atoms with van der Waals surface area (Å²) in [6.45, 7) is 4.01. The van der Waals surface area contributed by atoms with Crippen LogP contribution in [0.5, 0.6) is 0 Å². The molecule has 0 spiro atoms. The number of furan rings is 1. The van der Waals surface area contributed by atoms with Crippen LogP contribution < -0.4 is 5.73 Å². The van der Waals surface area contributed by atoms with Crippen molar-refractivity contribution in [2.75, 3.05) is 18.8 Å². The van der Waals surface area contributed by atoms with Gasteiger partial charge in [0.05, 0.1) is 17.8 Å². The van der Waals surface area contributed by atoms with Crippen molar-refractivity contribution in [3.8, 4) is 11.3 Å². The number of nitrogens with zero attached hydrogens (tertiary/aromatic N) is 3. The maximum atomic E-state index is 14.1. The van der Waals surface area contributed by atoms with Crippen molar-refractivity contribution in [1.29, 1.82) is 0 Å². The topological polar surface area (TPSA) is 102 Å². The van der Waals surface area contributed by atoms with Gasteiger partial charge in [-0.05, 0) is 79.6 Å². The fraction of sp³-hybridized carbons (Fsp3) is 0.267. The van der Waals surface area contributed by atoms with Gasteiger partial charge in [0.2, 0.25) is 0 Å². The lowest BCUT2D eigenvalue weighted by Gasteiger charge is -2.17. The highest BCUT2D eigenvalue weighted by Crippen LogP contribution is 2.30. The lowest BCUT2D eigenvalue weighted by Crippen LogP contribution is -2.31. The summed E-state index contributed by atoms with van der Waals surface area (Å²) in [4.78, 5) is 35.1. The average molecular weight is 513 g/mol. The molecule has 38 heavy (non-hydrogen) atoms. The number of carbonyl (C=O) groups is 2. The van der Waals surface area contributed by atoms with Crippen molar-refractivity contribution in [3.63, 3.8) is 0 Å². The number of pyridine rings is 2. The number of fused-ring (bicyclic) bond motifs is 1. The zero-order chi connectivity index (χ0) is 26.9. The van der Waals surface area contributed by atoms with E-state index in [1.54, 1.807) is 48.8 Å². The Balaban J connectivity index is 1.26. The molecule has 0 radical (unpaired) electrons. The highest BCUT2D eigenvalue weighted by molar-refractivity contribution is 5.95. The second-order valence-electron chi connectivity index (χ2n) is 10.1. The number of halogens is 1. The third kappa shape index (κ3) is 5.64. The largest absolute Gasteiger partial charge is 0.461 e. The Morgan fingerprint density at radius 2 is 2.00 bits per heavy atom. The minimum atomic E-state index is -1.33. The average Bonchev–Trinajstić information content (AvgIpc) is 3.49. The fourth-order valence-corrected chi connectivity index (χ4v) is 4.66. The van der Waals surface area contributed by atoms with Crippen molar-refractivity contribution in [1.82, 2.24) is 14.9 Å². The Bertz CT molecular complexity index is 1520. The maximum absolute atomic E-state index is 14.1. The Hall–Kier alpha value is -4.33. The van der Waals surface area contributed by atoms with Gasteiger partial charge in [-0.25, -0.2) is 9.37 Å². The molecule has 3 aromatic heterocycles. The fourth-order valence-electron chi connectivity index (χ4n) is 4.66. The van der Waals surface area contributed by atoms with Gasteiger partial charge in [0.25, 0.3) is 5.91 Å². The standard InChI is InChI=1S/C30H29FN4O3/c1-19-13-22(26-9-5-21(17-33-26)29(37)35-12-11-30(2,31)18-35)14-23-15-25(38-28(19)23)8-7-24(36)6-3-20-4-10-27(32)34-16-20/h3-6,9-10,13-17H,7-8,11-12,18H2,1-2H3,(H2,32,34)/b6-3+. The molecule has 1 aliphatic heterocycles. The van der Waals surface area contributed by atoms with Crippen LogP contribution in [0.1, 0.15) is 47.0 Å². The lowest BCUT2D eigenvalue weighted by atomic mass is 10.0. The SMILES string of the molecule is Cc1cc(-c2ccc(C(=O)N3CCC(C)(F)C3)cn2)cc2cc(CCC(=O)/C=C/c3ccc(N)nc3)oc12. The van der Waals surface area contributed by atoms with E-state index in [0.29, 0.717) is 37.2 Å². The normalized spacial score (nSPS) is 17.5. The minimum Gasteiger partial charge on any atom is -0.461 e. The van der Waals surface area contributed by atoms with E-state index in [-0.39, 0.29) is 18.2 Å². The molecule has 7 nitrogen and oxygen atoms in total. The Morgan fingerprint density at radius 1 is 1.16 bits per heavy atom. The molecular weight excluding hydrogens is 483 g/mol. The molecule has 194 valence electrons. The van der Waals surface area contributed by atoms with Crippen molar-refractivity contribution in [2.45, 2.75) is 38.8 Å². The van der Waals surface area contributed by atoms with Gasteiger partial charge in [-0.1, -0.05) is 0 Å². The van der Waals surface area contributed by atoms with E-state index < -0.39 is 5.67 Å². The van der Waals surface area contributed by atoms with Crippen LogP contribution in [0.2, 0.25) is 0 Å². The second kappa shape index (κ2) is 10.2. The number of hydrogen-bond donors (Lipinski definition) is 1. The quantitative estimate of drug-likeness (QED) is 0.325. The molecule has 1 fully saturated rings. The summed E-state index contributed by atoms with van der Waals surface area (Å²) in [5.74, 6) is 0.953. The van der Waals surface area contributed by atoms with Gasteiger partial charge in [0.15, 0.2) is 5.78 Å². The van der Waals surface area contributed by atoms with Gasteiger partial charge in [-0.3, -0.25) is 14.6 Å². The zero-order valence-electron chi connectivity index (χ0n) is 21.4. The predicted molar refractivity (Wildman–Crippen MR) is 145 cm³/mol. The number of alkyl halides is 1. The minimum absolute atomic E-state index is 0.0106. The van der Waals surface area contributed by atoms with E-state index in [2.05, 4.69) is 9.97 Å². The van der Waals surface area contributed by atoms with Crippen molar-refractivity contribution < 1.29 is 18.4 Å². The van der Waals surface area contributed by atoms with E-state index in [9.17, 15) is 14.0 Å². The summed E-state index contributed by atoms with van der Waals surface area (Å²) in [5, 5.41) is 0.923. The molecule has 1 unspecified atom stereocenters. The van der Waals surface area contributed by atoms with E-state index in [4.69, 9.17) is 10.2 Å². The Morgan fingerprint density at radius 3 is 2.68 bits per heavy atom. The lowest BCUT2D eigenvalue weighted by molar-refractivity contribution is -0.114. The Labute approximate surface area is 220 Å². The molecular formula is C30H29FN4O3. The van der Waals surface area contributed by atoms with Gasteiger partial charge in [0, 0.05) is 49.2 Å². The summed E-state index contributed by atoms with van der Waals surface area (Å²) < 4.78 is 20.2. The number of nitrogens with two attached hydrogens (primary N) is 1. The summed E-state index contributed by atoms with van der Waals surface area (Å²) in [7, 11) is 0. The van der Waals surface area contributed by atoms with Crippen molar-refractivity contribution in [2.24, 2.45) is 0 Å². The van der Waals surface area contributed by atoms with Crippen LogP contribution in [0.15, 0.2) is 65.4 Å². The third-order valence-corrected chi connectivity index (χ3v) is 6.76. The molecule has 1 amide bonds. The highest BCUT2D eigenvalue weighted by Gasteiger charge is 2.36. The molecule has 8 heteroatoms. The molecule has 1 aliphatic rings. The summed E-state index contributed by atoms with van der Waals surface area (Å²) in [6, 6.07) is 13.0. The number of hydrogen-bond acceptors (Lipinski definition) is 6. The number of carbonyl (C=O) groups excluding carboxylic acids is 2. The number of allylic oxidation sites excluding steroid dienone is 1. The smallest absolute Gasteiger partial charge is 0.255 e. The molecule has 5 rings (SSSR count). The summed E-state index contributed by atoms with van der Waals surface area (Å²) in [6.07, 6.45) is 7.58. The highest BCUT2D eigenvalue weighted by atomic mass is 19.1. The molecule has 0 bridgehead atoms. The molecule has 4 aromatic rings. The summed E-state index contributed by atoms with van der Waals surface area (Å²) >= 11 is 0. The molecule has 1 atom stereocenters. The number of amides is 1. The first kappa shape index (κ1) is 25.3. The zero-order valence-corrected chi connectivity index (χ0v) is 21.4. The number of rotatable bonds is 7. The molecule has 0 aliphatic carbocycles. The van der Waals surface area contributed by atoms with Crippen LogP contribution in [-0.2, 0) is 11.2 Å². The first-order valence-electron chi connectivity index (χ1n) is 12.6. The number of ketones is 1. The number of aromatic nitrogens is 2. The second-order valence-corrected chi connectivity index (χ2v) is 10.1. The van der Waals surface area contributed by atoms with E-state index >= 15 is 0 Å². The third-order valence-electron chi connectivity index (χ3n) is 6.76. The van der Waals surface area contributed by atoms with E-state index in [0.717, 1.165) is 39.1 Å². The number of likely N-dealkylation sites (tertiary alicyclic amines) is 1. The van der Waals surface area contributed by atoms with Gasteiger partial charge >= 0.3 is 0 Å². The van der Waals surface area contributed by atoms with Crippen LogP contribution in [0.3, 0.4) is 0 Å².